The number of carbonyl (C=O) groups excluding carboxylic acids is 2. The number of amides is 2. The quantitative estimate of drug-likeness (QED) is 0.718. The van der Waals surface area contributed by atoms with Crippen LogP contribution in [0.2, 0.25) is 0 Å². The highest BCUT2D eigenvalue weighted by molar-refractivity contribution is 7.21. The van der Waals surface area contributed by atoms with E-state index in [1.807, 2.05) is 19.1 Å². The molecule has 0 saturated heterocycles. The lowest BCUT2D eigenvalue weighted by molar-refractivity contribution is -0.118. The fraction of sp³-hybridized carbons (Fsp3) is 0.308. The van der Waals surface area contributed by atoms with E-state index in [1.54, 1.807) is 0 Å². The number of fused-ring (bicyclic) bond motifs is 1. The minimum Gasteiger partial charge on any atom is -0.397 e. The lowest BCUT2D eigenvalue weighted by Crippen LogP contribution is -2.25. The van der Waals surface area contributed by atoms with Gasteiger partial charge >= 0.3 is 0 Å². The first-order valence-corrected chi connectivity index (χ1v) is 7.03. The predicted molar refractivity (Wildman–Crippen MR) is 79.5 cm³/mol. The molecule has 7 heteroatoms. The first-order chi connectivity index (χ1) is 9.49. The molecular formula is C13H16N4O2S. The highest BCUT2D eigenvalue weighted by Crippen LogP contribution is 2.32. The molecule has 0 aromatic carbocycles. The van der Waals surface area contributed by atoms with Crippen molar-refractivity contribution in [1.29, 1.82) is 0 Å². The van der Waals surface area contributed by atoms with Gasteiger partial charge in [-0.1, -0.05) is 0 Å². The van der Waals surface area contributed by atoms with Crippen LogP contribution in [0, 0.1) is 6.92 Å². The number of aryl methyl sites for hydroxylation is 1. The van der Waals surface area contributed by atoms with Gasteiger partial charge in [0.15, 0.2) is 0 Å². The van der Waals surface area contributed by atoms with Gasteiger partial charge in [0.05, 0.1) is 5.69 Å². The molecule has 0 radical (unpaired) electrons. The number of nitrogens with one attached hydrogen (secondary N) is 1. The van der Waals surface area contributed by atoms with Crippen molar-refractivity contribution in [1.82, 2.24) is 10.3 Å². The minimum atomic E-state index is -0.375. The number of aromatic nitrogens is 1. The Kier molecular flexibility index (Phi) is 4.19. The largest absolute Gasteiger partial charge is 0.397 e. The summed E-state index contributed by atoms with van der Waals surface area (Å²) in [5.41, 5.74) is 12.3. The van der Waals surface area contributed by atoms with Crippen LogP contribution in [-0.2, 0) is 4.79 Å². The molecule has 0 aliphatic rings. The molecule has 2 aromatic rings. The van der Waals surface area contributed by atoms with Crippen LogP contribution in [0.3, 0.4) is 0 Å². The van der Waals surface area contributed by atoms with Crippen molar-refractivity contribution in [2.45, 2.75) is 19.8 Å². The van der Waals surface area contributed by atoms with E-state index in [2.05, 4.69) is 10.3 Å². The minimum absolute atomic E-state index is 0.243. The van der Waals surface area contributed by atoms with Gasteiger partial charge in [0.1, 0.15) is 9.71 Å². The Bertz CT molecular complexity index is 666. The lowest BCUT2D eigenvalue weighted by atomic mass is 10.2. The van der Waals surface area contributed by atoms with Gasteiger partial charge < -0.3 is 16.8 Å². The zero-order chi connectivity index (χ0) is 14.7. The van der Waals surface area contributed by atoms with E-state index in [0.717, 1.165) is 15.9 Å². The smallest absolute Gasteiger partial charge is 0.263 e. The van der Waals surface area contributed by atoms with E-state index in [-0.39, 0.29) is 18.2 Å². The number of nitrogens with zero attached hydrogens (tertiary/aromatic N) is 1. The summed E-state index contributed by atoms with van der Waals surface area (Å²) in [5, 5.41) is 3.52. The SMILES string of the molecule is Cc1ccc2c(N)c(C(=O)NCCCC(N)=O)sc2n1. The second-order valence-electron chi connectivity index (χ2n) is 4.48. The number of rotatable bonds is 5. The van der Waals surface area contributed by atoms with Crippen molar-refractivity contribution in [2.75, 3.05) is 12.3 Å². The molecule has 20 heavy (non-hydrogen) atoms. The van der Waals surface area contributed by atoms with Crippen molar-refractivity contribution < 1.29 is 9.59 Å². The van der Waals surface area contributed by atoms with Gasteiger partial charge in [0, 0.05) is 24.0 Å². The topological polar surface area (TPSA) is 111 Å². The van der Waals surface area contributed by atoms with E-state index in [0.29, 0.717) is 23.5 Å². The van der Waals surface area contributed by atoms with Crippen molar-refractivity contribution in [3.05, 3.63) is 22.7 Å². The van der Waals surface area contributed by atoms with E-state index in [9.17, 15) is 9.59 Å². The summed E-state index contributed by atoms with van der Waals surface area (Å²) in [5.74, 6) is -0.618. The van der Waals surface area contributed by atoms with Crippen LogP contribution in [0.1, 0.15) is 28.2 Å². The summed E-state index contributed by atoms with van der Waals surface area (Å²) < 4.78 is 0. The fourth-order valence-corrected chi connectivity index (χ4v) is 2.86. The molecule has 0 bridgehead atoms. The number of hydrogen-bond acceptors (Lipinski definition) is 5. The number of hydrogen-bond donors (Lipinski definition) is 3. The van der Waals surface area contributed by atoms with Crippen molar-refractivity contribution in [2.24, 2.45) is 5.73 Å². The van der Waals surface area contributed by atoms with Crippen LogP contribution >= 0.6 is 11.3 Å². The van der Waals surface area contributed by atoms with E-state index in [4.69, 9.17) is 11.5 Å². The normalized spacial score (nSPS) is 10.7. The van der Waals surface area contributed by atoms with Gasteiger partial charge in [-0.15, -0.1) is 11.3 Å². The Labute approximate surface area is 120 Å². The second-order valence-corrected chi connectivity index (χ2v) is 5.48. The highest BCUT2D eigenvalue weighted by atomic mass is 32.1. The molecule has 0 fully saturated rings. The number of nitrogen functional groups attached to an aromatic ring is 1. The van der Waals surface area contributed by atoms with Crippen LogP contribution in [0.15, 0.2) is 12.1 Å². The maximum absolute atomic E-state index is 12.0. The Morgan fingerprint density at radius 3 is 2.85 bits per heavy atom. The van der Waals surface area contributed by atoms with E-state index >= 15 is 0 Å². The summed E-state index contributed by atoms with van der Waals surface area (Å²) in [7, 11) is 0. The van der Waals surface area contributed by atoms with E-state index in [1.165, 1.54) is 11.3 Å². The number of anilines is 1. The molecule has 2 heterocycles. The lowest BCUT2D eigenvalue weighted by Gasteiger charge is -2.03. The van der Waals surface area contributed by atoms with Crippen LogP contribution < -0.4 is 16.8 Å². The Hall–Kier alpha value is -2.15. The monoisotopic (exact) mass is 292 g/mol. The van der Waals surface area contributed by atoms with Gasteiger partial charge in [0.2, 0.25) is 5.91 Å². The van der Waals surface area contributed by atoms with Crippen molar-refractivity contribution >= 4 is 39.1 Å². The number of pyridine rings is 1. The van der Waals surface area contributed by atoms with Gasteiger partial charge in [-0.2, -0.15) is 0 Å². The summed E-state index contributed by atoms with van der Waals surface area (Å²) in [6.45, 7) is 2.28. The number of primary amides is 1. The summed E-state index contributed by atoms with van der Waals surface area (Å²) >= 11 is 1.27. The average Bonchev–Trinajstić information content (AvgIpc) is 2.71. The molecule has 6 nitrogen and oxygen atoms in total. The number of carbonyl (C=O) groups is 2. The highest BCUT2D eigenvalue weighted by Gasteiger charge is 2.16. The molecule has 5 N–H and O–H groups in total. The molecule has 2 aromatic heterocycles. The zero-order valence-electron chi connectivity index (χ0n) is 11.1. The first-order valence-electron chi connectivity index (χ1n) is 6.21. The third-order valence-corrected chi connectivity index (χ3v) is 3.94. The van der Waals surface area contributed by atoms with E-state index < -0.39 is 0 Å². The fourth-order valence-electron chi connectivity index (χ4n) is 1.80. The Balaban J connectivity index is 2.10. The van der Waals surface area contributed by atoms with Crippen LogP contribution in [0.4, 0.5) is 5.69 Å². The standard InChI is InChI=1S/C13H16N4O2S/c1-7-4-5-8-10(15)11(20-13(8)17-7)12(19)16-6-2-3-9(14)18/h4-5H,2-3,6,15H2,1H3,(H2,14,18)(H,16,19). The Morgan fingerprint density at radius 1 is 1.40 bits per heavy atom. The summed E-state index contributed by atoms with van der Waals surface area (Å²) in [6.07, 6.45) is 0.770. The molecule has 2 rings (SSSR count). The van der Waals surface area contributed by atoms with Crippen LogP contribution in [-0.4, -0.2) is 23.3 Å². The van der Waals surface area contributed by atoms with Crippen molar-refractivity contribution in [3.63, 3.8) is 0 Å². The van der Waals surface area contributed by atoms with Gasteiger partial charge in [-0.05, 0) is 25.5 Å². The molecule has 0 atom stereocenters. The zero-order valence-corrected chi connectivity index (χ0v) is 11.9. The molecule has 0 aliphatic heterocycles. The average molecular weight is 292 g/mol. The molecule has 0 unspecified atom stereocenters. The molecule has 106 valence electrons. The second kappa shape index (κ2) is 5.87. The molecule has 0 saturated carbocycles. The first kappa shape index (κ1) is 14.3. The molecular weight excluding hydrogens is 276 g/mol. The van der Waals surface area contributed by atoms with Crippen LogP contribution in [0.5, 0.6) is 0 Å². The van der Waals surface area contributed by atoms with Gasteiger partial charge in [0.25, 0.3) is 5.91 Å². The summed E-state index contributed by atoms with van der Waals surface area (Å²) in [6, 6.07) is 3.73. The Morgan fingerprint density at radius 2 is 2.15 bits per heavy atom. The van der Waals surface area contributed by atoms with Crippen LogP contribution in [0.25, 0.3) is 10.2 Å². The molecule has 2 amide bonds. The maximum atomic E-state index is 12.0. The molecule has 0 spiro atoms. The van der Waals surface area contributed by atoms with Gasteiger partial charge in [-0.3, -0.25) is 9.59 Å². The summed E-state index contributed by atoms with van der Waals surface area (Å²) in [4.78, 5) is 28.2. The predicted octanol–water partition coefficient (Wildman–Crippen LogP) is 1.18. The van der Waals surface area contributed by atoms with Crippen molar-refractivity contribution in [3.8, 4) is 0 Å². The maximum Gasteiger partial charge on any atom is 0.263 e. The number of thiophene rings is 1. The third-order valence-electron chi connectivity index (χ3n) is 2.82. The van der Waals surface area contributed by atoms with Gasteiger partial charge in [-0.25, -0.2) is 4.98 Å². The third kappa shape index (κ3) is 3.05. The molecule has 0 aliphatic carbocycles. The number of nitrogens with two attached hydrogens (primary N) is 2.